The van der Waals surface area contributed by atoms with E-state index in [4.69, 9.17) is 0 Å². The van der Waals surface area contributed by atoms with Crippen LogP contribution in [0.25, 0.3) is 0 Å². The summed E-state index contributed by atoms with van der Waals surface area (Å²) in [4.78, 5) is 0. The van der Waals surface area contributed by atoms with Gasteiger partial charge in [0.05, 0.1) is 0 Å². The van der Waals surface area contributed by atoms with Gasteiger partial charge in [0.2, 0.25) is 0 Å². The summed E-state index contributed by atoms with van der Waals surface area (Å²) in [5.41, 5.74) is 0. The van der Waals surface area contributed by atoms with E-state index in [-0.39, 0.29) is 17.0 Å². The predicted octanol–water partition coefficient (Wildman–Crippen LogP) is 1.02. The van der Waals surface area contributed by atoms with Crippen molar-refractivity contribution in [2.24, 2.45) is 0 Å². The third-order valence-corrected chi connectivity index (χ3v) is 8.99. The molecule has 0 aromatic heterocycles. The van der Waals surface area contributed by atoms with Gasteiger partial charge in [-0.1, -0.05) is 66.7 Å². The molecule has 4 rings (SSSR count). The van der Waals surface area contributed by atoms with Crippen LogP contribution in [0.5, 0.6) is 5.75 Å². The molecule has 0 unspecified atom stereocenters. The first-order valence-corrected chi connectivity index (χ1v) is 10.5. The van der Waals surface area contributed by atoms with Gasteiger partial charge in [-0.2, -0.15) is 0 Å². The molecule has 0 saturated heterocycles. The highest BCUT2D eigenvalue weighted by molar-refractivity contribution is 8.01. The fourth-order valence-corrected chi connectivity index (χ4v) is 7.88. The van der Waals surface area contributed by atoms with Gasteiger partial charge in [-0.05, 0) is 48.5 Å². The van der Waals surface area contributed by atoms with Crippen LogP contribution in [0.2, 0.25) is 0 Å². The van der Waals surface area contributed by atoms with E-state index in [0.29, 0.717) is 5.75 Å². The first-order chi connectivity index (χ1) is 12.8. The van der Waals surface area contributed by atoms with E-state index >= 15 is 0 Å². The van der Waals surface area contributed by atoms with Crippen LogP contribution in [0, 0.1) is 0 Å². The Kier molecular flexibility index (Phi) is 6.11. The van der Waals surface area contributed by atoms with Crippen molar-refractivity contribution < 1.29 is 22.1 Å². The lowest BCUT2D eigenvalue weighted by atomic mass is 10.3. The monoisotopic (exact) mass is 434 g/mol. The smallest absolute Gasteiger partial charge is 0.159 e. The van der Waals surface area contributed by atoms with Crippen LogP contribution in [-0.2, 0) is 0 Å². The molecule has 0 saturated carbocycles. The molecule has 0 amide bonds. The Morgan fingerprint density at radius 3 is 1.15 bits per heavy atom. The minimum absolute atomic E-state index is 0. The highest BCUT2D eigenvalue weighted by atomic mass is 79.9. The van der Waals surface area contributed by atoms with Gasteiger partial charge in [-0.3, -0.25) is 0 Å². The van der Waals surface area contributed by atoms with Gasteiger partial charge in [-0.15, -0.1) is 0 Å². The Bertz CT molecular complexity index is 892. The lowest BCUT2D eigenvalue weighted by molar-refractivity contribution is -0.00000594. The maximum atomic E-state index is 10.9. The molecule has 3 heteroatoms. The molecule has 4 aromatic rings. The zero-order chi connectivity index (χ0) is 17.8. The zero-order valence-electron chi connectivity index (χ0n) is 14.7. The second-order valence-electron chi connectivity index (χ2n) is 6.17. The first kappa shape index (κ1) is 19.4. The summed E-state index contributed by atoms with van der Waals surface area (Å²) >= 11 is 0. The quantitative estimate of drug-likeness (QED) is 0.475. The Balaban J connectivity index is 0.00000210. The molecule has 4 aromatic carbocycles. The molecule has 0 bridgehead atoms. The van der Waals surface area contributed by atoms with Crippen molar-refractivity contribution in [2.45, 2.75) is 0 Å². The number of benzene rings is 4. The molecule has 0 aliphatic carbocycles. The average molecular weight is 435 g/mol. The van der Waals surface area contributed by atoms with Crippen molar-refractivity contribution >= 4 is 28.5 Å². The number of para-hydroxylation sites is 1. The topological polar surface area (TPSA) is 20.2 Å². The normalized spacial score (nSPS) is 10.8. The van der Waals surface area contributed by atoms with E-state index in [2.05, 4.69) is 78.9 Å². The number of halogens is 1. The van der Waals surface area contributed by atoms with Gasteiger partial charge in [0.15, 0.2) is 11.1 Å². The third kappa shape index (κ3) is 3.43. The first-order valence-electron chi connectivity index (χ1n) is 8.68. The van der Waals surface area contributed by atoms with Crippen LogP contribution in [0.3, 0.4) is 0 Å². The number of hydrogen-bond acceptors (Lipinski definition) is 1. The van der Waals surface area contributed by atoms with E-state index in [1.807, 2.05) is 30.3 Å². The largest absolute Gasteiger partial charge is 1.00 e. The number of phenolic OH excluding ortho intramolecular Hbond substituents is 1. The van der Waals surface area contributed by atoms with Crippen LogP contribution < -0.4 is 38.2 Å². The fourth-order valence-electron chi connectivity index (χ4n) is 3.57. The highest BCUT2D eigenvalue weighted by Crippen LogP contribution is 2.55. The molecule has 27 heavy (non-hydrogen) atoms. The van der Waals surface area contributed by atoms with Crippen molar-refractivity contribution in [3.8, 4) is 5.75 Å². The number of rotatable bonds is 4. The Hall–Kier alpha value is -2.41. The zero-order valence-corrected chi connectivity index (χ0v) is 17.2. The lowest BCUT2D eigenvalue weighted by Crippen LogP contribution is -3.00. The molecule has 134 valence electrons. The Labute approximate surface area is 171 Å². The standard InChI is InChI=1S/C24H19OP.BrH/c25-23-18-10-11-19-24(23)26(20-12-4-1-5-13-20,21-14-6-2-7-15-21)22-16-8-3-9-17-22;/h1-19H;1H. The molecule has 0 spiro atoms. The molecule has 0 aliphatic heterocycles. The maximum absolute atomic E-state index is 10.9. The summed E-state index contributed by atoms with van der Waals surface area (Å²) in [5, 5.41) is 15.6. The second kappa shape index (κ2) is 8.52. The van der Waals surface area contributed by atoms with Crippen molar-refractivity contribution in [3.63, 3.8) is 0 Å². The fraction of sp³-hybridized carbons (Fsp3) is 0. The van der Waals surface area contributed by atoms with E-state index in [9.17, 15) is 5.11 Å². The van der Waals surface area contributed by atoms with Gasteiger partial charge in [0.1, 0.15) is 23.2 Å². The van der Waals surface area contributed by atoms with E-state index < -0.39 is 7.26 Å². The molecular weight excluding hydrogens is 415 g/mol. The van der Waals surface area contributed by atoms with Gasteiger partial charge >= 0.3 is 0 Å². The molecule has 1 N–H and O–H groups in total. The van der Waals surface area contributed by atoms with Crippen LogP contribution in [0.1, 0.15) is 0 Å². The summed E-state index contributed by atoms with van der Waals surface area (Å²) in [6.07, 6.45) is 0. The van der Waals surface area contributed by atoms with Crippen molar-refractivity contribution in [3.05, 3.63) is 115 Å². The van der Waals surface area contributed by atoms with Crippen LogP contribution in [0.4, 0.5) is 0 Å². The van der Waals surface area contributed by atoms with Gasteiger partial charge in [-0.25, -0.2) is 0 Å². The van der Waals surface area contributed by atoms with E-state index in [1.165, 1.54) is 15.9 Å². The molecule has 0 heterocycles. The summed E-state index contributed by atoms with van der Waals surface area (Å²) in [6, 6.07) is 39.4. The summed E-state index contributed by atoms with van der Waals surface area (Å²) < 4.78 is 0. The molecule has 0 radical (unpaired) electrons. The molecule has 0 aliphatic rings. The van der Waals surface area contributed by atoms with Crippen LogP contribution in [0.15, 0.2) is 115 Å². The third-order valence-electron chi connectivity index (χ3n) is 4.67. The maximum Gasteiger partial charge on any atom is 0.159 e. The van der Waals surface area contributed by atoms with Crippen molar-refractivity contribution in [1.82, 2.24) is 0 Å². The average Bonchev–Trinajstić information content (AvgIpc) is 2.72. The lowest BCUT2D eigenvalue weighted by Gasteiger charge is -2.27. The summed E-state index contributed by atoms with van der Waals surface area (Å²) in [7, 11) is -2.19. The van der Waals surface area contributed by atoms with E-state index in [1.54, 1.807) is 6.07 Å². The number of aromatic hydroxyl groups is 1. The number of phenols is 1. The summed E-state index contributed by atoms with van der Waals surface area (Å²) in [6.45, 7) is 0. The number of hydrogen-bond donors (Lipinski definition) is 1. The van der Waals surface area contributed by atoms with Crippen molar-refractivity contribution in [2.75, 3.05) is 0 Å². The minimum Gasteiger partial charge on any atom is -1.00 e. The van der Waals surface area contributed by atoms with E-state index in [0.717, 1.165) is 5.30 Å². The van der Waals surface area contributed by atoms with Crippen LogP contribution in [-0.4, -0.2) is 5.11 Å². The van der Waals surface area contributed by atoms with Crippen LogP contribution >= 0.6 is 7.26 Å². The predicted molar refractivity (Wildman–Crippen MR) is 113 cm³/mol. The molecule has 0 atom stereocenters. The Morgan fingerprint density at radius 1 is 0.444 bits per heavy atom. The van der Waals surface area contributed by atoms with Crippen molar-refractivity contribution in [1.29, 1.82) is 0 Å². The second-order valence-corrected chi connectivity index (χ2v) is 9.54. The van der Waals surface area contributed by atoms with Gasteiger partial charge in [0, 0.05) is 0 Å². The van der Waals surface area contributed by atoms with Gasteiger partial charge < -0.3 is 22.1 Å². The SMILES string of the molecule is Oc1ccccc1[P+](c1ccccc1)(c1ccccc1)c1ccccc1.[Br-]. The molecule has 0 fully saturated rings. The minimum atomic E-state index is -2.19. The summed E-state index contributed by atoms with van der Waals surface area (Å²) in [5.74, 6) is 0.345. The molecule has 1 nitrogen and oxygen atoms in total. The molecular formula is C24H20BrOP. The van der Waals surface area contributed by atoms with Gasteiger partial charge in [0.25, 0.3) is 0 Å². The highest BCUT2D eigenvalue weighted by Gasteiger charge is 2.49. The Morgan fingerprint density at radius 2 is 0.778 bits per heavy atom.